The van der Waals surface area contributed by atoms with E-state index in [0.717, 1.165) is 0 Å². The van der Waals surface area contributed by atoms with Crippen molar-refractivity contribution < 1.29 is 44.1 Å². The smallest absolute Gasteiger partial charge is 0.394 e. The zero-order valence-electron chi connectivity index (χ0n) is 8.91. The van der Waals surface area contributed by atoms with Gasteiger partial charge in [-0.15, -0.1) is 0 Å². The number of carbonyl (C=O) groups is 1. The Balaban J connectivity index is 4.66. The van der Waals surface area contributed by atoms with Crippen molar-refractivity contribution in [2.75, 3.05) is 6.61 Å². The fraction of sp³-hybridized carbons (Fsp3) is 0.833. The Morgan fingerprint density at radius 1 is 1.38 bits per heavy atom. The first-order chi connectivity index (χ1) is 7.79. The number of aliphatic hydroxyl groups is 4. The van der Waals surface area contributed by atoms with Crippen LogP contribution in [0.1, 0.15) is 0 Å². The van der Waals surface area contributed by atoms with Gasteiger partial charge in [0.25, 0.3) is 0 Å². The van der Waals surface area contributed by atoms with Crippen molar-refractivity contribution in [3.63, 3.8) is 0 Å². The fourth-order valence-corrected chi connectivity index (χ4v) is 1.33. The summed E-state index contributed by atoms with van der Waals surface area (Å²) >= 11 is 0. The molecule has 16 heavy (non-hydrogen) atoms. The van der Waals surface area contributed by atoms with Crippen LogP contribution in [-0.2, 0) is 13.9 Å². The standard InChI is InChI=1S/C6H13O9P/c7-1-3(9)5(10)6(11)4(2-8)15-16(12,13)14/h2-7,9-11H,1H2,(H2,12,13,14)/t3-,4-,5-,6-/m1/s1/i/hD. The minimum atomic E-state index is -4.86. The summed E-state index contributed by atoms with van der Waals surface area (Å²) < 4.78 is 21.0. The van der Waals surface area contributed by atoms with Crippen molar-refractivity contribution in [2.24, 2.45) is 0 Å². The molecule has 0 saturated heterocycles. The van der Waals surface area contributed by atoms with Crippen molar-refractivity contribution in [3.05, 3.63) is 0 Å². The molecule has 0 aromatic rings. The van der Waals surface area contributed by atoms with Crippen molar-refractivity contribution >= 4 is 14.1 Å². The molecule has 0 heterocycles. The molecule has 0 saturated carbocycles. The normalized spacial score (nSPS) is 23.7. The van der Waals surface area contributed by atoms with E-state index in [4.69, 9.17) is 16.5 Å². The van der Waals surface area contributed by atoms with Gasteiger partial charge in [-0.3, -0.25) is 4.52 Å². The lowest BCUT2D eigenvalue weighted by Crippen LogP contribution is -2.47. The highest BCUT2D eigenvalue weighted by atomic mass is 31.2. The van der Waals surface area contributed by atoms with E-state index in [1.54, 1.807) is 0 Å². The molecular weight excluding hydrogens is 247 g/mol. The molecule has 9 nitrogen and oxygen atoms in total. The second-order valence-electron chi connectivity index (χ2n) is 2.91. The number of aliphatic hydroxyl groups excluding tert-OH is 4. The lowest BCUT2D eigenvalue weighted by molar-refractivity contribution is -0.135. The number of aldehydes is 1. The molecule has 0 amide bonds. The number of rotatable bonds is 8. The molecule has 0 aromatic carbocycles. The molecule has 0 aliphatic heterocycles. The third-order valence-corrected chi connectivity index (χ3v) is 2.17. The molecule has 0 bridgehead atoms. The number of hydrogen-bond acceptors (Lipinski definition) is 8. The van der Waals surface area contributed by atoms with E-state index in [-0.39, 0.29) is 6.29 Å². The van der Waals surface area contributed by atoms with E-state index in [9.17, 15) is 19.6 Å². The van der Waals surface area contributed by atoms with Crippen molar-refractivity contribution in [2.45, 2.75) is 24.4 Å². The lowest BCUT2D eigenvalue weighted by atomic mass is 10.0. The van der Waals surface area contributed by atoms with Crippen LogP contribution in [0.25, 0.3) is 0 Å². The maximum absolute atomic E-state index is 10.8. The topological polar surface area (TPSA) is 165 Å². The van der Waals surface area contributed by atoms with Gasteiger partial charge < -0.3 is 35.0 Å². The molecule has 0 aliphatic carbocycles. The molecule has 6 N–H and O–H groups in total. The number of phosphoric acid groups is 1. The molecule has 0 aliphatic rings. The summed E-state index contributed by atoms with van der Waals surface area (Å²) in [5.41, 5.74) is 0. The fourth-order valence-electron chi connectivity index (χ4n) is 0.851. The second kappa shape index (κ2) is 6.38. The first kappa shape index (κ1) is 13.7. The largest absolute Gasteiger partial charge is 0.470 e. The first-order valence-electron chi connectivity index (χ1n) is 4.46. The van der Waals surface area contributed by atoms with Crippen LogP contribution in [0.4, 0.5) is 0 Å². The van der Waals surface area contributed by atoms with Gasteiger partial charge in [-0.1, -0.05) is 0 Å². The highest BCUT2D eigenvalue weighted by Crippen LogP contribution is 2.38. The molecular formula is C6H13O9P. The molecule has 0 rings (SSSR count). The number of carbonyl (C=O) groups excluding carboxylic acids is 1. The highest BCUT2D eigenvalue weighted by molar-refractivity contribution is 7.46. The Morgan fingerprint density at radius 3 is 2.31 bits per heavy atom. The zero-order valence-corrected chi connectivity index (χ0v) is 8.80. The quantitative estimate of drug-likeness (QED) is 0.194. The predicted octanol–water partition coefficient (Wildman–Crippen LogP) is -3.26. The van der Waals surface area contributed by atoms with Crippen molar-refractivity contribution in [1.29, 1.82) is 1.43 Å². The third kappa shape index (κ3) is 5.10. The maximum atomic E-state index is 10.8. The summed E-state index contributed by atoms with van der Waals surface area (Å²) in [5, 5.41) is 36.0. The minimum Gasteiger partial charge on any atom is -0.394 e. The maximum Gasteiger partial charge on any atom is 0.470 e. The van der Waals surface area contributed by atoms with Crippen LogP contribution in [0.15, 0.2) is 0 Å². The monoisotopic (exact) mass is 261 g/mol. The molecule has 5 atom stereocenters. The summed E-state index contributed by atoms with van der Waals surface area (Å²) in [4.78, 5) is 22.4. The van der Waals surface area contributed by atoms with E-state index in [0.29, 0.717) is 0 Å². The van der Waals surface area contributed by atoms with Gasteiger partial charge in [0.2, 0.25) is 1.43 Å². The van der Waals surface area contributed by atoms with Crippen molar-refractivity contribution in [1.82, 2.24) is 0 Å². The van der Waals surface area contributed by atoms with E-state index in [1.807, 2.05) is 0 Å². The molecule has 10 heteroatoms. The second-order valence-corrected chi connectivity index (χ2v) is 4.05. The Bertz CT molecular complexity index is 287. The molecule has 0 radical (unpaired) electrons. The first-order valence-corrected chi connectivity index (χ1v) is 5.55. The average Bonchev–Trinajstić information content (AvgIpc) is 2.33. The Morgan fingerprint density at radius 2 is 1.94 bits per heavy atom. The molecule has 0 spiro atoms. The average molecular weight is 261 g/mol. The summed E-state index contributed by atoms with van der Waals surface area (Å²) in [5.74, 6) is 0. The summed E-state index contributed by atoms with van der Waals surface area (Å²) in [6, 6.07) is 0. The Labute approximate surface area is 91.6 Å². The number of hydrogen-bond donors (Lipinski definition) is 6. The van der Waals surface area contributed by atoms with Crippen LogP contribution in [0, 0.1) is 0 Å². The minimum absolute atomic E-state index is 0.125. The van der Waals surface area contributed by atoms with Crippen LogP contribution in [-0.4, -0.2) is 69.0 Å². The van der Waals surface area contributed by atoms with Gasteiger partial charge in [0.1, 0.15) is 18.3 Å². The Hall–Kier alpha value is -0.380. The van der Waals surface area contributed by atoms with E-state index >= 15 is 0 Å². The summed E-state index contributed by atoms with van der Waals surface area (Å²) in [7, 11) is -4.86. The summed E-state index contributed by atoms with van der Waals surface area (Å²) in [6.07, 6.45) is -7.97. The van der Waals surface area contributed by atoms with E-state index in [1.165, 1.54) is 0 Å². The van der Waals surface area contributed by atoms with Gasteiger partial charge in [0.05, 0.1) is 6.61 Å². The predicted molar refractivity (Wildman–Crippen MR) is 48.1 cm³/mol. The molecule has 0 fully saturated rings. The van der Waals surface area contributed by atoms with Gasteiger partial charge in [-0.25, -0.2) is 4.57 Å². The molecule has 0 aromatic heterocycles. The van der Waals surface area contributed by atoms with Crippen LogP contribution >= 0.6 is 7.82 Å². The zero-order chi connectivity index (χ0) is 13.6. The lowest BCUT2D eigenvalue weighted by Gasteiger charge is -2.25. The van der Waals surface area contributed by atoms with Crippen LogP contribution < -0.4 is 0 Å². The van der Waals surface area contributed by atoms with Crippen molar-refractivity contribution in [3.8, 4) is 0 Å². The van der Waals surface area contributed by atoms with Gasteiger partial charge in [0.15, 0.2) is 12.4 Å². The van der Waals surface area contributed by atoms with Gasteiger partial charge >= 0.3 is 7.82 Å². The van der Waals surface area contributed by atoms with Gasteiger partial charge in [-0.05, 0) is 0 Å². The molecule has 1 unspecified atom stereocenters. The van der Waals surface area contributed by atoms with Gasteiger partial charge in [0, 0.05) is 0 Å². The third-order valence-electron chi connectivity index (χ3n) is 1.66. The van der Waals surface area contributed by atoms with Gasteiger partial charge in [-0.2, -0.15) is 0 Å². The SMILES string of the molecule is [2H]OP(=O)(O)O[C@H](C=O)[C@@H](O)[C@H](O)[C@H](O)CO. The highest BCUT2D eigenvalue weighted by Gasteiger charge is 2.35. The summed E-state index contributed by atoms with van der Waals surface area (Å²) in [6.45, 7) is -0.907. The van der Waals surface area contributed by atoms with E-state index < -0.39 is 38.8 Å². The van der Waals surface area contributed by atoms with Crippen LogP contribution in [0.5, 0.6) is 0 Å². The van der Waals surface area contributed by atoms with E-state index in [2.05, 4.69) is 9.42 Å². The molecule has 96 valence electrons. The van der Waals surface area contributed by atoms with Crippen LogP contribution in [0.3, 0.4) is 0 Å². The number of phosphoric ester groups is 1. The Kier molecular flexibility index (Phi) is 5.46. The van der Waals surface area contributed by atoms with Crippen LogP contribution in [0.2, 0.25) is 0 Å².